The summed E-state index contributed by atoms with van der Waals surface area (Å²) in [6, 6.07) is 1.81. The minimum Gasteiger partial charge on any atom is -0.474 e. The molecule has 1 aliphatic rings. The van der Waals surface area contributed by atoms with Crippen molar-refractivity contribution in [2.75, 3.05) is 7.11 Å². The van der Waals surface area contributed by atoms with Gasteiger partial charge in [0.15, 0.2) is 0 Å². The molecule has 4 nitrogen and oxygen atoms in total. The van der Waals surface area contributed by atoms with Crippen molar-refractivity contribution in [3.63, 3.8) is 0 Å². The van der Waals surface area contributed by atoms with Gasteiger partial charge in [-0.1, -0.05) is 0 Å². The zero-order valence-corrected chi connectivity index (χ0v) is 10.9. The molecular formula is C12H17ClN2O2. The normalized spacial score (nSPS) is 24.6. The third-order valence-corrected chi connectivity index (χ3v) is 3.17. The van der Waals surface area contributed by atoms with Crippen molar-refractivity contribution in [2.24, 2.45) is 0 Å². The number of aromatic nitrogens is 2. The molecule has 1 heterocycles. The summed E-state index contributed by atoms with van der Waals surface area (Å²) in [7, 11) is 1.75. The Morgan fingerprint density at radius 3 is 2.76 bits per heavy atom. The van der Waals surface area contributed by atoms with Crippen LogP contribution in [-0.2, 0) is 4.74 Å². The van der Waals surface area contributed by atoms with E-state index in [4.69, 9.17) is 21.1 Å². The number of rotatable bonds is 3. The average molecular weight is 257 g/mol. The maximum atomic E-state index is 5.83. The summed E-state index contributed by atoms with van der Waals surface area (Å²) in [6.07, 6.45) is 4.66. The minimum absolute atomic E-state index is 0.166. The van der Waals surface area contributed by atoms with Crippen LogP contribution in [0.3, 0.4) is 0 Å². The molecule has 0 spiro atoms. The molecule has 1 saturated carbocycles. The summed E-state index contributed by atoms with van der Waals surface area (Å²) in [4.78, 5) is 8.08. The minimum atomic E-state index is 0.166. The number of halogens is 1. The van der Waals surface area contributed by atoms with E-state index in [1.807, 2.05) is 13.0 Å². The number of ether oxygens (including phenoxy) is 2. The molecule has 0 aliphatic heterocycles. The molecule has 1 aliphatic carbocycles. The lowest BCUT2D eigenvalue weighted by molar-refractivity contribution is 0.0194. The van der Waals surface area contributed by atoms with Gasteiger partial charge in [-0.15, -0.1) is 0 Å². The summed E-state index contributed by atoms with van der Waals surface area (Å²) in [5, 5.41) is 0.235. The number of methoxy groups -OCH3 is 1. The smallest absolute Gasteiger partial charge is 0.225 e. The van der Waals surface area contributed by atoms with Gasteiger partial charge in [-0.3, -0.25) is 0 Å². The molecule has 0 amide bonds. The van der Waals surface area contributed by atoms with Gasteiger partial charge < -0.3 is 9.47 Å². The standard InChI is InChI=1S/C12H17ClN2O2/c1-8-6-11(15-12(13)14-8)17-10-5-3-4-9(7-10)16-2/h6,9-10H,3-5,7H2,1-2H3. The second-order valence-electron chi connectivity index (χ2n) is 4.38. The number of nitrogens with zero attached hydrogens (tertiary/aromatic N) is 2. The van der Waals surface area contributed by atoms with Crippen LogP contribution in [0, 0.1) is 6.92 Å². The van der Waals surface area contributed by atoms with E-state index in [1.165, 1.54) is 0 Å². The van der Waals surface area contributed by atoms with Crippen LogP contribution in [0.4, 0.5) is 0 Å². The predicted molar refractivity (Wildman–Crippen MR) is 65.5 cm³/mol. The summed E-state index contributed by atoms with van der Waals surface area (Å²) in [5.41, 5.74) is 0.819. The molecule has 2 unspecified atom stereocenters. The fraction of sp³-hybridized carbons (Fsp3) is 0.667. The fourth-order valence-electron chi connectivity index (χ4n) is 2.16. The lowest BCUT2D eigenvalue weighted by Crippen LogP contribution is -2.29. The average Bonchev–Trinajstić information content (AvgIpc) is 2.28. The zero-order chi connectivity index (χ0) is 12.3. The summed E-state index contributed by atoms with van der Waals surface area (Å²) in [5.74, 6) is 0.559. The molecule has 0 radical (unpaired) electrons. The Morgan fingerprint density at radius 1 is 1.29 bits per heavy atom. The van der Waals surface area contributed by atoms with E-state index in [-0.39, 0.29) is 11.4 Å². The van der Waals surface area contributed by atoms with Gasteiger partial charge in [-0.25, -0.2) is 4.98 Å². The first kappa shape index (κ1) is 12.6. The van der Waals surface area contributed by atoms with E-state index >= 15 is 0 Å². The molecule has 5 heteroatoms. The maximum Gasteiger partial charge on any atom is 0.225 e. The van der Waals surface area contributed by atoms with Crippen LogP contribution < -0.4 is 4.74 Å². The van der Waals surface area contributed by atoms with E-state index < -0.39 is 0 Å². The van der Waals surface area contributed by atoms with Crippen molar-refractivity contribution < 1.29 is 9.47 Å². The Balaban J connectivity index is 2.00. The SMILES string of the molecule is COC1CCCC(Oc2cc(C)nc(Cl)n2)C1. The van der Waals surface area contributed by atoms with Crippen LogP contribution in [0.2, 0.25) is 5.28 Å². The van der Waals surface area contributed by atoms with Gasteiger partial charge >= 0.3 is 0 Å². The molecule has 0 N–H and O–H groups in total. The lowest BCUT2D eigenvalue weighted by Gasteiger charge is -2.28. The van der Waals surface area contributed by atoms with E-state index in [0.717, 1.165) is 31.4 Å². The molecule has 1 aromatic rings. The van der Waals surface area contributed by atoms with Crippen molar-refractivity contribution in [2.45, 2.75) is 44.8 Å². The first-order valence-electron chi connectivity index (χ1n) is 5.88. The molecule has 17 heavy (non-hydrogen) atoms. The highest BCUT2D eigenvalue weighted by atomic mass is 35.5. The topological polar surface area (TPSA) is 44.2 Å². The maximum absolute atomic E-state index is 5.83. The van der Waals surface area contributed by atoms with Crippen molar-refractivity contribution >= 4 is 11.6 Å². The molecule has 0 bridgehead atoms. The highest BCUT2D eigenvalue weighted by Gasteiger charge is 2.23. The monoisotopic (exact) mass is 256 g/mol. The second-order valence-corrected chi connectivity index (χ2v) is 4.72. The van der Waals surface area contributed by atoms with Gasteiger partial charge in [-0.05, 0) is 37.8 Å². The molecule has 1 aromatic heterocycles. The van der Waals surface area contributed by atoms with E-state index in [9.17, 15) is 0 Å². The van der Waals surface area contributed by atoms with Crippen LogP contribution >= 0.6 is 11.6 Å². The van der Waals surface area contributed by atoms with Crippen molar-refractivity contribution in [1.29, 1.82) is 0 Å². The van der Waals surface area contributed by atoms with Crippen LogP contribution in [0.25, 0.3) is 0 Å². The fourth-order valence-corrected chi connectivity index (χ4v) is 2.38. The van der Waals surface area contributed by atoms with Gasteiger partial charge in [-0.2, -0.15) is 4.98 Å². The first-order chi connectivity index (χ1) is 8.17. The van der Waals surface area contributed by atoms with Crippen LogP contribution in [0.15, 0.2) is 6.07 Å². The zero-order valence-electron chi connectivity index (χ0n) is 10.1. The highest BCUT2D eigenvalue weighted by Crippen LogP contribution is 2.25. The van der Waals surface area contributed by atoms with Crippen molar-refractivity contribution in [3.05, 3.63) is 17.0 Å². The quantitative estimate of drug-likeness (QED) is 0.780. The van der Waals surface area contributed by atoms with E-state index in [1.54, 1.807) is 7.11 Å². The molecule has 2 atom stereocenters. The van der Waals surface area contributed by atoms with Gasteiger partial charge in [0.2, 0.25) is 11.2 Å². The molecule has 0 saturated heterocycles. The third kappa shape index (κ3) is 3.54. The van der Waals surface area contributed by atoms with Gasteiger partial charge in [0.25, 0.3) is 0 Å². The van der Waals surface area contributed by atoms with Crippen LogP contribution in [-0.4, -0.2) is 29.3 Å². The Labute approximate surface area is 106 Å². The number of hydrogen-bond donors (Lipinski definition) is 0. The van der Waals surface area contributed by atoms with Crippen LogP contribution in [0.5, 0.6) is 5.88 Å². The Hall–Kier alpha value is -0.870. The summed E-state index contributed by atoms with van der Waals surface area (Å²) < 4.78 is 11.2. The number of hydrogen-bond acceptors (Lipinski definition) is 4. The first-order valence-corrected chi connectivity index (χ1v) is 6.26. The van der Waals surface area contributed by atoms with Crippen molar-refractivity contribution in [3.8, 4) is 5.88 Å². The molecule has 0 aromatic carbocycles. The van der Waals surface area contributed by atoms with Gasteiger partial charge in [0.05, 0.1) is 6.10 Å². The van der Waals surface area contributed by atoms with Gasteiger partial charge in [0, 0.05) is 25.3 Å². The Kier molecular flexibility index (Phi) is 4.18. The van der Waals surface area contributed by atoms with Gasteiger partial charge in [0.1, 0.15) is 6.10 Å². The Bertz CT molecular complexity index is 367. The van der Waals surface area contributed by atoms with E-state index in [0.29, 0.717) is 12.0 Å². The molecule has 1 fully saturated rings. The largest absolute Gasteiger partial charge is 0.474 e. The molecular weight excluding hydrogens is 240 g/mol. The predicted octanol–water partition coefficient (Wildman–Crippen LogP) is 2.77. The van der Waals surface area contributed by atoms with Crippen LogP contribution in [0.1, 0.15) is 31.4 Å². The Morgan fingerprint density at radius 2 is 2.06 bits per heavy atom. The van der Waals surface area contributed by atoms with Crippen molar-refractivity contribution in [1.82, 2.24) is 9.97 Å². The summed E-state index contributed by atoms with van der Waals surface area (Å²) >= 11 is 5.80. The summed E-state index contributed by atoms with van der Waals surface area (Å²) in [6.45, 7) is 1.87. The molecule has 94 valence electrons. The number of aryl methyl sites for hydroxylation is 1. The molecule has 2 rings (SSSR count). The highest BCUT2D eigenvalue weighted by molar-refractivity contribution is 6.28. The lowest BCUT2D eigenvalue weighted by atomic mass is 9.95. The second kappa shape index (κ2) is 5.65. The van der Waals surface area contributed by atoms with E-state index in [2.05, 4.69) is 9.97 Å². The third-order valence-electron chi connectivity index (χ3n) is 3.00.